The Morgan fingerprint density at radius 2 is 2.31 bits per heavy atom. The van der Waals surface area contributed by atoms with E-state index in [-0.39, 0.29) is 0 Å². The van der Waals surface area contributed by atoms with Crippen LogP contribution in [-0.2, 0) is 0 Å². The van der Waals surface area contributed by atoms with Crippen molar-refractivity contribution >= 4 is 0 Å². The fourth-order valence-corrected chi connectivity index (χ4v) is 2.12. The SMILES string of the molecule is CC1=CCCC(C)(C)[C@@H]1C=CC#N. The first kappa shape index (κ1) is 10.1. The highest BCUT2D eigenvalue weighted by Gasteiger charge is 2.30. The average molecular weight is 175 g/mol. The molecular formula is C12H17N. The van der Waals surface area contributed by atoms with E-state index < -0.39 is 0 Å². The van der Waals surface area contributed by atoms with Crippen LogP contribution >= 0.6 is 0 Å². The molecular weight excluding hydrogens is 158 g/mol. The quantitative estimate of drug-likeness (QED) is 0.442. The van der Waals surface area contributed by atoms with Crippen LogP contribution in [0.1, 0.15) is 33.6 Å². The van der Waals surface area contributed by atoms with Crippen LogP contribution < -0.4 is 0 Å². The predicted molar refractivity (Wildman–Crippen MR) is 55.0 cm³/mol. The summed E-state index contributed by atoms with van der Waals surface area (Å²) in [5.41, 5.74) is 1.72. The molecule has 0 N–H and O–H groups in total. The monoisotopic (exact) mass is 175 g/mol. The van der Waals surface area contributed by atoms with Gasteiger partial charge in [-0.1, -0.05) is 31.6 Å². The zero-order valence-corrected chi connectivity index (χ0v) is 8.67. The fourth-order valence-electron chi connectivity index (χ4n) is 2.12. The molecule has 1 atom stereocenters. The smallest absolute Gasteiger partial charge is 0.0908 e. The van der Waals surface area contributed by atoms with Crippen LogP contribution in [0, 0.1) is 22.7 Å². The number of nitrogens with zero attached hydrogens (tertiary/aromatic N) is 1. The lowest BCUT2D eigenvalue weighted by Crippen LogP contribution is -2.26. The molecule has 1 nitrogen and oxygen atoms in total. The molecule has 1 aliphatic carbocycles. The maximum absolute atomic E-state index is 8.50. The van der Waals surface area contributed by atoms with E-state index in [9.17, 15) is 0 Å². The van der Waals surface area contributed by atoms with Crippen molar-refractivity contribution < 1.29 is 0 Å². The van der Waals surface area contributed by atoms with Crippen molar-refractivity contribution in [1.82, 2.24) is 0 Å². The molecule has 0 unspecified atom stereocenters. The third kappa shape index (κ3) is 2.21. The van der Waals surface area contributed by atoms with Gasteiger partial charge in [-0.3, -0.25) is 0 Å². The van der Waals surface area contributed by atoms with E-state index in [1.54, 1.807) is 6.08 Å². The Morgan fingerprint density at radius 1 is 1.62 bits per heavy atom. The van der Waals surface area contributed by atoms with Gasteiger partial charge >= 0.3 is 0 Å². The van der Waals surface area contributed by atoms with E-state index >= 15 is 0 Å². The van der Waals surface area contributed by atoms with E-state index in [1.165, 1.54) is 18.4 Å². The second-order valence-corrected chi connectivity index (χ2v) is 4.44. The summed E-state index contributed by atoms with van der Waals surface area (Å²) in [6.45, 7) is 6.71. The third-order valence-corrected chi connectivity index (χ3v) is 2.95. The fraction of sp³-hybridized carbons (Fsp3) is 0.583. The molecule has 0 aromatic heterocycles. The molecule has 1 rings (SSSR count). The van der Waals surface area contributed by atoms with Gasteiger partial charge < -0.3 is 0 Å². The van der Waals surface area contributed by atoms with Crippen LogP contribution in [0.25, 0.3) is 0 Å². The van der Waals surface area contributed by atoms with Gasteiger partial charge in [-0.2, -0.15) is 5.26 Å². The highest BCUT2D eigenvalue weighted by Crippen LogP contribution is 2.41. The molecule has 13 heavy (non-hydrogen) atoms. The van der Waals surface area contributed by atoms with Crippen LogP contribution in [0.5, 0.6) is 0 Å². The molecule has 1 heteroatoms. The summed E-state index contributed by atoms with van der Waals surface area (Å²) >= 11 is 0. The summed E-state index contributed by atoms with van der Waals surface area (Å²) in [6.07, 6.45) is 8.32. The summed E-state index contributed by atoms with van der Waals surface area (Å²) < 4.78 is 0. The van der Waals surface area contributed by atoms with Gasteiger partial charge in [0, 0.05) is 12.0 Å². The Hall–Kier alpha value is -1.03. The maximum Gasteiger partial charge on any atom is 0.0908 e. The van der Waals surface area contributed by atoms with Crippen molar-refractivity contribution in [2.24, 2.45) is 11.3 Å². The largest absolute Gasteiger partial charge is 0.193 e. The number of rotatable bonds is 1. The van der Waals surface area contributed by atoms with Crippen molar-refractivity contribution in [3.63, 3.8) is 0 Å². The molecule has 0 aromatic carbocycles. The molecule has 0 bridgehead atoms. The van der Waals surface area contributed by atoms with E-state index in [1.807, 2.05) is 6.08 Å². The molecule has 0 amide bonds. The lowest BCUT2D eigenvalue weighted by Gasteiger charge is -2.36. The van der Waals surface area contributed by atoms with Crippen molar-refractivity contribution in [3.05, 3.63) is 23.8 Å². The molecule has 0 radical (unpaired) electrons. The summed E-state index contributed by atoms with van der Waals surface area (Å²) in [5.74, 6) is 0.445. The Morgan fingerprint density at radius 3 is 2.85 bits per heavy atom. The van der Waals surface area contributed by atoms with Crippen molar-refractivity contribution in [3.8, 4) is 6.07 Å². The first-order valence-corrected chi connectivity index (χ1v) is 4.81. The molecule has 0 fully saturated rings. The van der Waals surface area contributed by atoms with Gasteiger partial charge in [-0.25, -0.2) is 0 Å². The van der Waals surface area contributed by atoms with Crippen molar-refractivity contribution in [2.45, 2.75) is 33.6 Å². The van der Waals surface area contributed by atoms with E-state index in [0.29, 0.717) is 11.3 Å². The maximum atomic E-state index is 8.50. The highest BCUT2D eigenvalue weighted by atomic mass is 14.3. The van der Waals surface area contributed by atoms with E-state index in [2.05, 4.69) is 32.9 Å². The minimum Gasteiger partial charge on any atom is -0.193 e. The average Bonchev–Trinajstić information content (AvgIpc) is 2.02. The predicted octanol–water partition coefficient (Wildman–Crippen LogP) is 3.45. The normalized spacial score (nSPS) is 26.9. The Balaban J connectivity index is 2.89. The van der Waals surface area contributed by atoms with Crippen LogP contribution in [0.3, 0.4) is 0 Å². The lowest BCUT2D eigenvalue weighted by atomic mass is 9.68. The lowest BCUT2D eigenvalue weighted by molar-refractivity contribution is 0.255. The standard InChI is InChI=1S/C12H17N/c1-10-6-4-8-12(2,3)11(10)7-5-9-13/h5-7,11H,4,8H2,1-3H3/t11-/m1/s1. The van der Waals surface area contributed by atoms with Crippen LogP contribution in [-0.4, -0.2) is 0 Å². The summed E-state index contributed by atoms with van der Waals surface area (Å²) in [7, 11) is 0. The zero-order chi connectivity index (χ0) is 9.90. The van der Waals surface area contributed by atoms with Gasteiger partial charge in [0.25, 0.3) is 0 Å². The number of hydrogen-bond donors (Lipinski definition) is 0. The Labute approximate surface area is 80.8 Å². The van der Waals surface area contributed by atoms with Crippen LogP contribution in [0.15, 0.2) is 23.8 Å². The van der Waals surface area contributed by atoms with Gasteiger partial charge in [0.15, 0.2) is 0 Å². The minimum absolute atomic E-state index is 0.312. The van der Waals surface area contributed by atoms with Gasteiger partial charge in [-0.15, -0.1) is 0 Å². The number of hydrogen-bond acceptors (Lipinski definition) is 1. The topological polar surface area (TPSA) is 23.8 Å². The van der Waals surface area contributed by atoms with Gasteiger partial charge in [0.05, 0.1) is 6.07 Å². The van der Waals surface area contributed by atoms with Crippen LogP contribution in [0.2, 0.25) is 0 Å². The van der Waals surface area contributed by atoms with Gasteiger partial charge in [0.2, 0.25) is 0 Å². The first-order valence-electron chi connectivity index (χ1n) is 4.81. The minimum atomic E-state index is 0.312. The molecule has 0 heterocycles. The molecule has 0 saturated heterocycles. The second kappa shape index (κ2) is 3.79. The van der Waals surface area contributed by atoms with E-state index in [0.717, 1.165) is 0 Å². The molecule has 1 aliphatic rings. The summed E-state index contributed by atoms with van der Waals surface area (Å²) in [5, 5.41) is 8.50. The summed E-state index contributed by atoms with van der Waals surface area (Å²) in [6, 6.07) is 2.07. The molecule has 70 valence electrons. The first-order chi connectivity index (χ1) is 6.08. The van der Waals surface area contributed by atoms with Gasteiger partial charge in [0.1, 0.15) is 0 Å². The third-order valence-electron chi connectivity index (χ3n) is 2.95. The summed E-state index contributed by atoms with van der Waals surface area (Å²) in [4.78, 5) is 0. The number of nitriles is 1. The zero-order valence-electron chi connectivity index (χ0n) is 8.67. The van der Waals surface area contributed by atoms with Crippen molar-refractivity contribution in [2.75, 3.05) is 0 Å². The van der Waals surface area contributed by atoms with Crippen LogP contribution in [0.4, 0.5) is 0 Å². The molecule has 0 saturated carbocycles. The molecule has 0 aliphatic heterocycles. The Kier molecular flexibility index (Phi) is 2.93. The highest BCUT2D eigenvalue weighted by molar-refractivity contribution is 5.21. The van der Waals surface area contributed by atoms with Gasteiger partial charge in [-0.05, 0) is 25.2 Å². The molecule has 0 spiro atoms. The van der Waals surface area contributed by atoms with Crippen molar-refractivity contribution in [1.29, 1.82) is 5.26 Å². The second-order valence-electron chi connectivity index (χ2n) is 4.44. The number of allylic oxidation sites excluding steroid dienone is 4. The molecule has 0 aromatic rings. The van der Waals surface area contributed by atoms with E-state index in [4.69, 9.17) is 5.26 Å². The Bertz CT molecular complexity index is 276.